The van der Waals surface area contributed by atoms with E-state index in [9.17, 15) is 5.11 Å². The number of ether oxygens (including phenoxy) is 2. The molecule has 3 heteroatoms. The van der Waals surface area contributed by atoms with Crippen LogP contribution in [0.4, 0.5) is 0 Å². The number of rotatable bonds is 5. The van der Waals surface area contributed by atoms with Crippen LogP contribution in [0, 0.1) is 0 Å². The fraction of sp³-hybridized carbons (Fsp3) is 0.600. The van der Waals surface area contributed by atoms with Gasteiger partial charge in [0, 0.05) is 19.8 Å². The first-order valence-electron chi connectivity index (χ1n) is 6.34. The van der Waals surface area contributed by atoms with E-state index in [-0.39, 0.29) is 18.1 Å². The molecule has 1 aromatic rings. The van der Waals surface area contributed by atoms with E-state index in [1.165, 1.54) is 0 Å². The number of phenolic OH excluding ortho intramolecular Hbond substituents is 1. The molecule has 0 aliphatic heterocycles. The smallest absolute Gasteiger partial charge is 0.183 e. The molecule has 1 N–H and O–H groups in total. The molecule has 0 radical (unpaired) electrons. The lowest BCUT2D eigenvalue weighted by Gasteiger charge is -2.21. The molecule has 18 heavy (non-hydrogen) atoms. The van der Waals surface area contributed by atoms with Crippen molar-refractivity contribution in [2.75, 3.05) is 14.2 Å². The van der Waals surface area contributed by atoms with Crippen LogP contribution in [-0.2, 0) is 9.47 Å². The molecule has 0 saturated heterocycles. The molecular formula is C15H24O3. The van der Waals surface area contributed by atoms with E-state index in [1.54, 1.807) is 14.2 Å². The largest absolute Gasteiger partial charge is 0.507 e. The van der Waals surface area contributed by atoms with Crippen molar-refractivity contribution in [2.24, 2.45) is 0 Å². The molecule has 1 aromatic carbocycles. The van der Waals surface area contributed by atoms with Gasteiger partial charge in [-0.2, -0.15) is 0 Å². The SMILES string of the molecule is COC(OC)c1cc(C(C)C)c(O)c(C(C)C)c1. The van der Waals surface area contributed by atoms with Gasteiger partial charge in [0.2, 0.25) is 0 Å². The van der Waals surface area contributed by atoms with Gasteiger partial charge in [-0.3, -0.25) is 0 Å². The Labute approximate surface area is 110 Å². The minimum absolute atomic E-state index is 0.261. The van der Waals surface area contributed by atoms with Crippen LogP contribution in [0.3, 0.4) is 0 Å². The third-order valence-corrected chi connectivity index (χ3v) is 3.14. The van der Waals surface area contributed by atoms with Gasteiger partial charge in [0.25, 0.3) is 0 Å². The highest BCUT2D eigenvalue weighted by Crippen LogP contribution is 2.36. The van der Waals surface area contributed by atoms with Crippen LogP contribution in [0.2, 0.25) is 0 Å². The van der Waals surface area contributed by atoms with Crippen molar-refractivity contribution in [3.63, 3.8) is 0 Å². The first kappa shape index (κ1) is 15.0. The number of hydrogen-bond donors (Lipinski definition) is 1. The summed E-state index contributed by atoms with van der Waals surface area (Å²) in [5.74, 6) is 0.920. The van der Waals surface area contributed by atoms with E-state index in [4.69, 9.17) is 9.47 Å². The predicted molar refractivity (Wildman–Crippen MR) is 73.0 cm³/mol. The minimum Gasteiger partial charge on any atom is -0.507 e. The quantitative estimate of drug-likeness (QED) is 0.807. The Hall–Kier alpha value is -1.06. The van der Waals surface area contributed by atoms with Crippen LogP contribution in [0.5, 0.6) is 5.75 Å². The second-order valence-electron chi connectivity index (χ2n) is 5.16. The van der Waals surface area contributed by atoms with Crippen molar-refractivity contribution in [1.29, 1.82) is 0 Å². The van der Waals surface area contributed by atoms with Gasteiger partial charge in [-0.1, -0.05) is 27.7 Å². The molecule has 0 fully saturated rings. The fourth-order valence-electron chi connectivity index (χ4n) is 2.09. The van der Waals surface area contributed by atoms with Gasteiger partial charge < -0.3 is 14.6 Å². The Morgan fingerprint density at radius 1 is 0.889 bits per heavy atom. The maximum absolute atomic E-state index is 10.3. The topological polar surface area (TPSA) is 38.7 Å². The summed E-state index contributed by atoms with van der Waals surface area (Å²) >= 11 is 0. The van der Waals surface area contributed by atoms with Gasteiger partial charge in [0.1, 0.15) is 5.75 Å². The van der Waals surface area contributed by atoms with Gasteiger partial charge in [0.15, 0.2) is 6.29 Å². The third kappa shape index (κ3) is 3.03. The fourth-order valence-corrected chi connectivity index (χ4v) is 2.09. The lowest BCUT2D eigenvalue weighted by Crippen LogP contribution is -2.07. The van der Waals surface area contributed by atoms with E-state index in [2.05, 4.69) is 27.7 Å². The summed E-state index contributed by atoms with van der Waals surface area (Å²) in [6, 6.07) is 3.92. The minimum atomic E-state index is -0.388. The molecule has 0 aliphatic rings. The normalized spacial score (nSPS) is 11.8. The van der Waals surface area contributed by atoms with Crippen molar-refractivity contribution < 1.29 is 14.6 Å². The summed E-state index contributed by atoms with van der Waals surface area (Å²) in [4.78, 5) is 0. The summed E-state index contributed by atoms with van der Waals surface area (Å²) in [5.41, 5.74) is 2.83. The zero-order valence-corrected chi connectivity index (χ0v) is 12.2. The molecule has 0 aliphatic carbocycles. The number of aromatic hydroxyl groups is 1. The molecule has 0 atom stereocenters. The van der Waals surface area contributed by atoms with Crippen molar-refractivity contribution in [3.8, 4) is 5.75 Å². The molecule has 1 rings (SSSR count). The van der Waals surface area contributed by atoms with Gasteiger partial charge in [-0.05, 0) is 35.1 Å². The van der Waals surface area contributed by atoms with E-state index in [0.717, 1.165) is 16.7 Å². The predicted octanol–water partition coefficient (Wildman–Crippen LogP) is 3.93. The van der Waals surface area contributed by atoms with Crippen molar-refractivity contribution in [2.45, 2.75) is 45.8 Å². The standard InChI is InChI=1S/C15H24O3/c1-9(2)12-7-11(15(17-5)18-6)8-13(10(3)4)14(12)16/h7-10,15-16H,1-6H3. The van der Waals surface area contributed by atoms with E-state index in [1.807, 2.05) is 12.1 Å². The van der Waals surface area contributed by atoms with Crippen LogP contribution in [-0.4, -0.2) is 19.3 Å². The van der Waals surface area contributed by atoms with Crippen molar-refractivity contribution in [1.82, 2.24) is 0 Å². The molecule has 0 heterocycles. The van der Waals surface area contributed by atoms with E-state index in [0.29, 0.717) is 5.75 Å². The Balaban J connectivity index is 3.37. The van der Waals surface area contributed by atoms with Crippen LogP contribution >= 0.6 is 0 Å². The first-order chi connectivity index (χ1) is 8.42. The summed E-state index contributed by atoms with van der Waals surface area (Å²) in [7, 11) is 3.23. The maximum Gasteiger partial charge on any atom is 0.183 e. The van der Waals surface area contributed by atoms with Crippen LogP contribution in [0.1, 0.15) is 62.5 Å². The third-order valence-electron chi connectivity index (χ3n) is 3.14. The highest BCUT2D eigenvalue weighted by molar-refractivity contribution is 5.47. The molecular weight excluding hydrogens is 228 g/mol. The van der Waals surface area contributed by atoms with Gasteiger partial charge in [-0.25, -0.2) is 0 Å². The summed E-state index contributed by atoms with van der Waals surface area (Å²) in [6.07, 6.45) is -0.388. The van der Waals surface area contributed by atoms with Crippen LogP contribution in [0.15, 0.2) is 12.1 Å². The maximum atomic E-state index is 10.3. The summed E-state index contributed by atoms with van der Waals surface area (Å²) in [5, 5.41) is 10.3. The van der Waals surface area contributed by atoms with Gasteiger partial charge >= 0.3 is 0 Å². The number of methoxy groups -OCH3 is 2. The monoisotopic (exact) mass is 252 g/mol. The Kier molecular flexibility index (Phi) is 5.17. The number of hydrogen-bond acceptors (Lipinski definition) is 3. The Morgan fingerprint density at radius 2 is 1.28 bits per heavy atom. The van der Waals surface area contributed by atoms with Gasteiger partial charge in [-0.15, -0.1) is 0 Å². The second-order valence-corrected chi connectivity index (χ2v) is 5.16. The zero-order chi connectivity index (χ0) is 13.9. The number of phenols is 1. The van der Waals surface area contributed by atoms with E-state index < -0.39 is 0 Å². The lowest BCUT2D eigenvalue weighted by molar-refractivity contribution is -0.106. The average molecular weight is 252 g/mol. The molecule has 102 valence electrons. The summed E-state index contributed by atoms with van der Waals surface area (Å²) in [6.45, 7) is 8.27. The van der Waals surface area contributed by atoms with E-state index >= 15 is 0 Å². The Bertz CT molecular complexity index is 364. The highest BCUT2D eigenvalue weighted by Gasteiger charge is 2.18. The lowest BCUT2D eigenvalue weighted by atomic mass is 9.91. The van der Waals surface area contributed by atoms with Crippen molar-refractivity contribution in [3.05, 3.63) is 28.8 Å². The molecule has 0 unspecified atom stereocenters. The average Bonchev–Trinajstić information content (AvgIpc) is 2.31. The number of benzene rings is 1. The molecule has 0 amide bonds. The van der Waals surface area contributed by atoms with Crippen LogP contribution in [0.25, 0.3) is 0 Å². The molecule has 0 saturated carbocycles. The molecule has 0 bridgehead atoms. The zero-order valence-electron chi connectivity index (χ0n) is 12.2. The molecule has 0 aromatic heterocycles. The van der Waals surface area contributed by atoms with Crippen LogP contribution < -0.4 is 0 Å². The Morgan fingerprint density at radius 3 is 1.56 bits per heavy atom. The first-order valence-corrected chi connectivity index (χ1v) is 6.34. The molecule has 3 nitrogen and oxygen atoms in total. The summed E-state index contributed by atoms with van der Waals surface area (Å²) < 4.78 is 10.6. The van der Waals surface area contributed by atoms with Crippen molar-refractivity contribution >= 4 is 0 Å². The highest BCUT2D eigenvalue weighted by atomic mass is 16.7. The molecule has 0 spiro atoms. The van der Waals surface area contributed by atoms with Gasteiger partial charge in [0.05, 0.1) is 0 Å². The second kappa shape index (κ2) is 6.21.